The van der Waals surface area contributed by atoms with E-state index < -0.39 is 0 Å². The predicted octanol–water partition coefficient (Wildman–Crippen LogP) is 3.62. The van der Waals surface area contributed by atoms with Gasteiger partial charge in [0, 0.05) is 0 Å². The Bertz CT molecular complexity index is 490. The monoisotopic (exact) mass is 253 g/mol. The fourth-order valence-corrected chi connectivity index (χ4v) is 2.63. The minimum atomic E-state index is 0.647. The summed E-state index contributed by atoms with van der Waals surface area (Å²) in [5.41, 5.74) is 4.21. The summed E-state index contributed by atoms with van der Waals surface area (Å²) < 4.78 is 0. The van der Waals surface area contributed by atoms with Crippen LogP contribution in [0.5, 0.6) is 0 Å². The van der Waals surface area contributed by atoms with E-state index >= 15 is 0 Å². The van der Waals surface area contributed by atoms with E-state index in [0.29, 0.717) is 5.92 Å². The molecule has 2 aromatic rings. The molecule has 0 aliphatic heterocycles. The minimum Gasteiger partial charge on any atom is -0.319 e. The molecule has 0 heterocycles. The average molecular weight is 253 g/mol. The van der Waals surface area contributed by atoms with Crippen LogP contribution in [0, 0.1) is 12.8 Å². The van der Waals surface area contributed by atoms with Crippen LogP contribution in [0.1, 0.15) is 16.7 Å². The van der Waals surface area contributed by atoms with Crippen molar-refractivity contribution in [2.45, 2.75) is 19.8 Å². The van der Waals surface area contributed by atoms with E-state index in [1.165, 1.54) is 16.7 Å². The zero-order valence-electron chi connectivity index (χ0n) is 11.9. The van der Waals surface area contributed by atoms with Gasteiger partial charge in [0.25, 0.3) is 0 Å². The molecule has 0 aliphatic rings. The lowest BCUT2D eigenvalue weighted by atomic mass is 9.92. The number of hydrogen-bond acceptors (Lipinski definition) is 1. The van der Waals surface area contributed by atoms with Gasteiger partial charge in [-0.3, -0.25) is 0 Å². The van der Waals surface area contributed by atoms with E-state index in [0.717, 1.165) is 19.4 Å². The molecule has 0 bridgehead atoms. The van der Waals surface area contributed by atoms with E-state index in [9.17, 15) is 0 Å². The molecule has 2 rings (SSSR count). The van der Waals surface area contributed by atoms with Crippen molar-refractivity contribution in [1.82, 2.24) is 5.32 Å². The fraction of sp³-hybridized carbons (Fsp3) is 0.333. The Labute approximate surface area is 116 Å². The van der Waals surface area contributed by atoms with E-state index in [-0.39, 0.29) is 0 Å². The molecule has 1 N–H and O–H groups in total. The van der Waals surface area contributed by atoms with Gasteiger partial charge in [0.1, 0.15) is 0 Å². The van der Waals surface area contributed by atoms with Crippen LogP contribution in [-0.2, 0) is 12.8 Å². The first-order valence-electron chi connectivity index (χ1n) is 7.02. The molecule has 0 amide bonds. The average Bonchev–Trinajstić information content (AvgIpc) is 2.40. The van der Waals surface area contributed by atoms with Crippen LogP contribution in [0.4, 0.5) is 0 Å². The lowest BCUT2D eigenvalue weighted by molar-refractivity contribution is 0.493. The van der Waals surface area contributed by atoms with Crippen LogP contribution in [0.25, 0.3) is 0 Å². The first kappa shape index (κ1) is 13.8. The van der Waals surface area contributed by atoms with Crippen LogP contribution in [0.3, 0.4) is 0 Å². The highest BCUT2D eigenvalue weighted by Gasteiger charge is 2.10. The van der Waals surface area contributed by atoms with E-state index in [1.54, 1.807) is 0 Å². The van der Waals surface area contributed by atoms with Gasteiger partial charge >= 0.3 is 0 Å². The second kappa shape index (κ2) is 7.10. The lowest BCUT2D eigenvalue weighted by Crippen LogP contribution is -2.22. The summed E-state index contributed by atoms with van der Waals surface area (Å²) in [6, 6.07) is 19.6. The zero-order valence-corrected chi connectivity index (χ0v) is 11.9. The topological polar surface area (TPSA) is 12.0 Å². The lowest BCUT2D eigenvalue weighted by Gasteiger charge is -2.17. The maximum atomic E-state index is 3.32. The number of benzene rings is 2. The highest BCUT2D eigenvalue weighted by Crippen LogP contribution is 2.15. The van der Waals surface area contributed by atoms with Crippen LogP contribution >= 0.6 is 0 Å². The highest BCUT2D eigenvalue weighted by molar-refractivity contribution is 5.23. The summed E-state index contributed by atoms with van der Waals surface area (Å²) in [5, 5.41) is 3.32. The van der Waals surface area contributed by atoms with Gasteiger partial charge in [0.15, 0.2) is 0 Å². The highest BCUT2D eigenvalue weighted by atomic mass is 14.8. The third-order valence-corrected chi connectivity index (χ3v) is 3.47. The van der Waals surface area contributed by atoms with Crippen molar-refractivity contribution in [3.8, 4) is 0 Å². The summed E-state index contributed by atoms with van der Waals surface area (Å²) >= 11 is 0. The summed E-state index contributed by atoms with van der Waals surface area (Å²) in [4.78, 5) is 0. The molecule has 1 unspecified atom stereocenters. The molecule has 0 aromatic heterocycles. The third kappa shape index (κ3) is 4.53. The van der Waals surface area contributed by atoms with Crippen molar-refractivity contribution in [2.75, 3.05) is 13.6 Å². The van der Waals surface area contributed by atoms with E-state index in [1.807, 2.05) is 7.05 Å². The molecule has 0 spiro atoms. The largest absolute Gasteiger partial charge is 0.319 e. The molecule has 1 heteroatoms. The molecule has 0 saturated heterocycles. The van der Waals surface area contributed by atoms with Crippen LogP contribution in [0.15, 0.2) is 54.6 Å². The Hall–Kier alpha value is -1.60. The zero-order chi connectivity index (χ0) is 13.5. The normalized spacial score (nSPS) is 12.3. The smallest absolute Gasteiger partial charge is 0.00172 e. The molecule has 100 valence electrons. The number of nitrogens with one attached hydrogen (secondary N) is 1. The Morgan fingerprint density at radius 1 is 0.895 bits per heavy atom. The summed E-state index contributed by atoms with van der Waals surface area (Å²) in [6.07, 6.45) is 2.27. The van der Waals surface area contributed by atoms with Crippen molar-refractivity contribution in [1.29, 1.82) is 0 Å². The van der Waals surface area contributed by atoms with Crippen molar-refractivity contribution >= 4 is 0 Å². The van der Waals surface area contributed by atoms with E-state index in [4.69, 9.17) is 0 Å². The Kier molecular flexibility index (Phi) is 5.17. The molecule has 1 nitrogen and oxygen atoms in total. The summed E-state index contributed by atoms with van der Waals surface area (Å²) in [5.74, 6) is 0.647. The quantitative estimate of drug-likeness (QED) is 0.829. The maximum absolute atomic E-state index is 3.32. The second-order valence-electron chi connectivity index (χ2n) is 5.31. The predicted molar refractivity (Wildman–Crippen MR) is 82.4 cm³/mol. The third-order valence-electron chi connectivity index (χ3n) is 3.47. The van der Waals surface area contributed by atoms with Gasteiger partial charge in [-0.15, -0.1) is 0 Å². The van der Waals surface area contributed by atoms with Gasteiger partial charge in [-0.2, -0.15) is 0 Å². The van der Waals surface area contributed by atoms with Gasteiger partial charge in [0.05, 0.1) is 0 Å². The number of aryl methyl sites for hydroxylation is 1. The Morgan fingerprint density at radius 3 is 2.26 bits per heavy atom. The number of hydrogen-bond donors (Lipinski definition) is 1. The molecule has 0 aliphatic carbocycles. The molecule has 1 atom stereocenters. The fourth-order valence-electron chi connectivity index (χ4n) is 2.63. The molecule has 0 fully saturated rings. The van der Waals surface area contributed by atoms with Gasteiger partial charge in [0.2, 0.25) is 0 Å². The van der Waals surface area contributed by atoms with Crippen molar-refractivity contribution in [3.63, 3.8) is 0 Å². The Morgan fingerprint density at radius 2 is 1.58 bits per heavy atom. The van der Waals surface area contributed by atoms with Gasteiger partial charge in [-0.25, -0.2) is 0 Å². The Balaban J connectivity index is 2.04. The summed E-state index contributed by atoms with van der Waals surface area (Å²) in [7, 11) is 2.04. The van der Waals surface area contributed by atoms with Crippen LogP contribution < -0.4 is 5.32 Å². The molecule has 19 heavy (non-hydrogen) atoms. The van der Waals surface area contributed by atoms with Crippen molar-refractivity contribution in [3.05, 3.63) is 71.3 Å². The molecule has 2 aromatic carbocycles. The number of rotatable bonds is 6. The van der Waals surface area contributed by atoms with Crippen LogP contribution in [0.2, 0.25) is 0 Å². The van der Waals surface area contributed by atoms with Gasteiger partial charge in [-0.1, -0.05) is 60.2 Å². The van der Waals surface area contributed by atoms with E-state index in [2.05, 4.69) is 66.8 Å². The SMILES string of the molecule is CNCC(Cc1ccccc1)Cc1cccc(C)c1. The maximum Gasteiger partial charge on any atom is -0.00172 e. The van der Waals surface area contributed by atoms with Crippen LogP contribution in [-0.4, -0.2) is 13.6 Å². The van der Waals surface area contributed by atoms with Gasteiger partial charge in [-0.05, 0) is 50.4 Å². The minimum absolute atomic E-state index is 0.647. The summed E-state index contributed by atoms with van der Waals surface area (Å²) in [6.45, 7) is 3.22. The molecular weight excluding hydrogens is 230 g/mol. The first-order chi connectivity index (χ1) is 9.28. The standard InChI is InChI=1S/C18H23N/c1-15-7-6-10-17(11-15)13-18(14-19-2)12-16-8-4-3-5-9-16/h3-11,18-19H,12-14H2,1-2H3. The van der Waals surface area contributed by atoms with Crippen molar-refractivity contribution in [2.24, 2.45) is 5.92 Å². The molecule has 0 saturated carbocycles. The molecular formula is C18H23N. The van der Waals surface area contributed by atoms with Gasteiger partial charge < -0.3 is 5.32 Å². The second-order valence-corrected chi connectivity index (χ2v) is 5.31. The molecule has 0 radical (unpaired) electrons. The van der Waals surface area contributed by atoms with Crippen molar-refractivity contribution < 1.29 is 0 Å². The first-order valence-corrected chi connectivity index (χ1v) is 7.02.